The Labute approximate surface area is 194 Å². The van der Waals surface area contributed by atoms with Crippen LogP contribution in [0.4, 0.5) is 13.6 Å². The van der Waals surface area contributed by atoms with Crippen LogP contribution in [0.2, 0.25) is 0 Å². The van der Waals surface area contributed by atoms with Crippen molar-refractivity contribution in [3.05, 3.63) is 48.2 Å². The number of Topliss-reactive ketones (excluding diaryl/α,β-unsaturated/α-hetero) is 1. The largest absolute Gasteiger partial charge is 0.476 e. The van der Waals surface area contributed by atoms with E-state index in [1.165, 1.54) is 0 Å². The van der Waals surface area contributed by atoms with E-state index in [9.17, 15) is 23.2 Å². The zero-order valence-corrected chi connectivity index (χ0v) is 18.2. The van der Waals surface area contributed by atoms with Crippen LogP contribution in [-0.4, -0.2) is 52.2 Å². The highest BCUT2D eigenvalue weighted by Crippen LogP contribution is 2.41. The number of aromatic nitrogens is 1. The zero-order valence-electron chi connectivity index (χ0n) is 18.2. The van der Waals surface area contributed by atoms with Gasteiger partial charge in [0.2, 0.25) is 11.8 Å². The predicted molar refractivity (Wildman–Crippen MR) is 116 cm³/mol. The van der Waals surface area contributed by atoms with Gasteiger partial charge in [-0.15, -0.1) is 0 Å². The first kappa shape index (κ1) is 23.3. The number of rotatable bonds is 7. The third-order valence-corrected chi connectivity index (χ3v) is 6.12. The summed E-state index contributed by atoms with van der Waals surface area (Å²) in [5.41, 5.74) is 0.347. The zero-order chi connectivity index (χ0) is 24.3. The van der Waals surface area contributed by atoms with Gasteiger partial charge in [0.15, 0.2) is 5.78 Å². The first-order valence-electron chi connectivity index (χ1n) is 10.9. The van der Waals surface area contributed by atoms with Crippen LogP contribution < -0.4 is 10.1 Å². The summed E-state index contributed by atoms with van der Waals surface area (Å²) in [5.74, 6) is -3.58. The van der Waals surface area contributed by atoms with Gasteiger partial charge in [-0.25, -0.2) is 18.6 Å². The Hall–Kier alpha value is -3.87. The second-order valence-corrected chi connectivity index (χ2v) is 8.37. The number of alkyl halides is 2. The topological polar surface area (TPSA) is 112 Å². The minimum absolute atomic E-state index is 0.159. The summed E-state index contributed by atoms with van der Waals surface area (Å²) in [5, 5.41) is 11.2. The highest BCUT2D eigenvalue weighted by atomic mass is 19.3. The van der Waals surface area contributed by atoms with Gasteiger partial charge in [0, 0.05) is 30.2 Å². The summed E-state index contributed by atoms with van der Waals surface area (Å²) >= 11 is 0. The summed E-state index contributed by atoms with van der Waals surface area (Å²) in [6.45, 7) is -0.278. The van der Waals surface area contributed by atoms with Gasteiger partial charge in [-0.3, -0.25) is 14.5 Å². The first-order valence-corrected chi connectivity index (χ1v) is 10.9. The molecule has 4 rings (SSSR count). The van der Waals surface area contributed by atoms with Crippen molar-refractivity contribution < 1.29 is 27.9 Å². The van der Waals surface area contributed by atoms with Crippen LogP contribution >= 0.6 is 0 Å². The third kappa shape index (κ3) is 4.59. The van der Waals surface area contributed by atoms with Gasteiger partial charge in [-0.1, -0.05) is 24.3 Å². The minimum atomic E-state index is -2.85. The van der Waals surface area contributed by atoms with Gasteiger partial charge in [0.25, 0.3) is 5.91 Å². The molecule has 0 atom stereocenters. The quantitative estimate of drug-likeness (QED) is 0.377. The number of pyridine rings is 1. The van der Waals surface area contributed by atoms with Gasteiger partial charge >= 0.3 is 6.03 Å². The van der Waals surface area contributed by atoms with Gasteiger partial charge < -0.3 is 10.1 Å². The van der Waals surface area contributed by atoms with E-state index in [4.69, 9.17) is 10.00 Å². The molecule has 0 bridgehead atoms. The molecule has 2 aliphatic rings. The van der Waals surface area contributed by atoms with Crippen molar-refractivity contribution in [2.75, 3.05) is 13.2 Å². The summed E-state index contributed by atoms with van der Waals surface area (Å²) in [6.07, 6.45) is 0.497. The number of hydrogen-bond donors (Lipinski definition) is 1. The average molecular weight is 468 g/mol. The molecule has 10 heteroatoms. The molecule has 3 amide bonds. The summed E-state index contributed by atoms with van der Waals surface area (Å²) in [7, 11) is 0. The fourth-order valence-electron chi connectivity index (χ4n) is 4.19. The molecule has 1 saturated heterocycles. The van der Waals surface area contributed by atoms with Crippen LogP contribution in [0.25, 0.3) is 11.1 Å². The number of imide groups is 1. The number of ketones is 1. The van der Waals surface area contributed by atoms with E-state index in [1.807, 2.05) is 6.07 Å². The number of carbonyl (C=O) groups excluding carboxylic acids is 3. The number of halogens is 2. The molecule has 1 aromatic heterocycles. The van der Waals surface area contributed by atoms with E-state index in [-0.39, 0.29) is 31.4 Å². The maximum absolute atomic E-state index is 13.5. The number of nitriles is 1. The van der Waals surface area contributed by atoms with Crippen molar-refractivity contribution in [3.63, 3.8) is 0 Å². The molecule has 1 saturated carbocycles. The maximum Gasteiger partial charge on any atom is 0.325 e. The molecule has 1 aliphatic carbocycles. The number of amides is 3. The van der Waals surface area contributed by atoms with Crippen molar-refractivity contribution in [2.45, 2.75) is 43.6 Å². The number of ether oxygens (including phenoxy) is 1. The molecule has 2 aromatic rings. The molecule has 176 valence electrons. The average Bonchev–Trinajstić information content (AvgIpc) is 3.06. The SMILES string of the molecule is N#CCCOc1ncccc1-c1ccc(C(=O)CN2C(=O)NC3(CCC(F)(F)CC3)C2=O)cc1. The third-order valence-electron chi connectivity index (χ3n) is 6.12. The van der Waals surface area contributed by atoms with E-state index in [1.54, 1.807) is 42.6 Å². The summed E-state index contributed by atoms with van der Waals surface area (Å²) < 4.78 is 32.6. The number of hydrogen-bond acceptors (Lipinski definition) is 6. The second kappa shape index (κ2) is 9.17. The van der Waals surface area contributed by atoms with Gasteiger partial charge in [0.05, 0.1) is 19.0 Å². The highest BCUT2D eigenvalue weighted by Gasteiger charge is 2.55. The lowest BCUT2D eigenvalue weighted by molar-refractivity contribution is -0.135. The number of benzene rings is 1. The molecule has 8 nitrogen and oxygen atoms in total. The molecule has 2 heterocycles. The van der Waals surface area contributed by atoms with Crippen molar-refractivity contribution in [1.29, 1.82) is 5.26 Å². The maximum atomic E-state index is 13.5. The fraction of sp³-hybridized carbons (Fsp3) is 0.375. The molecule has 1 N–H and O–H groups in total. The van der Waals surface area contributed by atoms with Crippen molar-refractivity contribution in [3.8, 4) is 23.1 Å². The number of carbonyl (C=O) groups is 3. The Morgan fingerprint density at radius 1 is 1.15 bits per heavy atom. The van der Waals surface area contributed by atoms with Crippen LogP contribution in [0.5, 0.6) is 5.88 Å². The van der Waals surface area contributed by atoms with E-state index >= 15 is 0 Å². The summed E-state index contributed by atoms with van der Waals surface area (Å²) in [4.78, 5) is 43.0. The van der Waals surface area contributed by atoms with E-state index in [0.29, 0.717) is 11.4 Å². The van der Waals surface area contributed by atoms with Crippen LogP contribution in [0.1, 0.15) is 42.5 Å². The molecule has 1 aliphatic heterocycles. The molecule has 2 fully saturated rings. The predicted octanol–water partition coefficient (Wildman–Crippen LogP) is 3.72. The molecular weight excluding hydrogens is 446 g/mol. The Balaban J connectivity index is 1.45. The summed E-state index contributed by atoms with van der Waals surface area (Å²) in [6, 6.07) is 11.3. The normalized spacial score (nSPS) is 18.4. The van der Waals surface area contributed by atoms with Gasteiger partial charge in [0.1, 0.15) is 12.1 Å². The number of urea groups is 1. The van der Waals surface area contributed by atoms with Crippen LogP contribution in [0.3, 0.4) is 0 Å². The van der Waals surface area contributed by atoms with Gasteiger partial charge in [-0.05, 0) is 30.5 Å². The van der Waals surface area contributed by atoms with Crippen molar-refractivity contribution in [2.24, 2.45) is 0 Å². The van der Waals surface area contributed by atoms with Crippen molar-refractivity contribution >= 4 is 17.7 Å². The molecule has 0 radical (unpaired) electrons. The first-order chi connectivity index (χ1) is 16.2. The Bertz CT molecular complexity index is 1150. The molecule has 1 aromatic carbocycles. The van der Waals surface area contributed by atoms with E-state index in [2.05, 4.69) is 10.3 Å². The van der Waals surface area contributed by atoms with Crippen LogP contribution in [0, 0.1) is 11.3 Å². The molecule has 0 unspecified atom stereocenters. The van der Waals surface area contributed by atoms with E-state index in [0.717, 1.165) is 10.5 Å². The van der Waals surface area contributed by atoms with Gasteiger partial charge in [-0.2, -0.15) is 5.26 Å². The second-order valence-electron chi connectivity index (χ2n) is 8.37. The van der Waals surface area contributed by atoms with Crippen LogP contribution in [-0.2, 0) is 4.79 Å². The van der Waals surface area contributed by atoms with E-state index < -0.39 is 48.6 Å². The molecule has 1 spiro atoms. The molecule has 34 heavy (non-hydrogen) atoms. The molecular formula is C24H22F2N4O4. The van der Waals surface area contributed by atoms with Crippen LogP contribution in [0.15, 0.2) is 42.6 Å². The monoisotopic (exact) mass is 468 g/mol. The lowest BCUT2D eigenvalue weighted by Gasteiger charge is -2.34. The lowest BCUT2D eigenvalue weighted by atomic mass is 9.80. The Kier molecular flexibility index (Phi) is 6.28. The highest BCUT2D eigenvalue weighted by molar-refractivity contribution is 6.11. The Morgan fingerprint density at radius 2 is 1.85 bits per heavy atom. The Morgan fingerprint density at radius 3 is 2.53 bits per heavy atom. The van der Waals surface area contributed by atoms with Crippen molar-refractivity contribution in [1.82, 2.24) is 15.2 Å². The fourth-order valence-corrected chi connectivity index (χ4v) is 4.19. The standard InChI is InChI=1S/C24H22F2N4O4/c25-24(26)10-8-23(9-11-24)21(32)30(22(33)29-23)15-19(31)17-6-4-16(5-7-17)18-3-1-13-28-20(18)34-14-2-12-27/h1,3-7,13H,2,8-11,14-15H2,(H,29,33). The smallest absolute Gasteiger partial charge is 0.325 e. The number of nitrogens with zero attached hydrogens (tertiary/aromatic N) is 3. The lowest BCUT2D eigenvalue weighted by Crippen LogP contribution is -2.51. The number of nitrogens with one attached hydrogen (secondary N) is 1. The minimum Gasteiger partial charge on any atom is -0.476 e.